The monoisotopic (exact) mass is 340 g/mol. The van der Waals surface area contributed by atoms with Crippen molar-refractivity contribution in [2.45, 2.75) is 50.7 Å². The van der Waals surface area contributed by atoms with Gasteiger partial charge in [-0.25, -0.2) is 4.39 Å². The van der Waals surface area contributed by atoms with Gasteiger partial charge < -0.3 is 5.32 Å². The summed E-state index contributed by atoms with van der Waals surface area (Å²) in [5.74, 6) is -0.0984. The lowest BCUT2D eigenvalue weighted by Gasteiger charge is -2.48. The summed E-state index contributed by atoms with van der Waals surface area (Å²) in [6.45, 7) is 5.00. The number of hydrogen-bond acceptors (Lipinski definition) is 2. The quantitative estimate of drug-likeness (QED) is 0.883. The molecule has 1 atom stereocenters. The molecule has 1 aliphatic heterocycles. The minimum absolute atomic E-state index is 0.0984. The van der Waals surface area contributed by atoms with Crippen LogP contribution in [0, 0.1) is 5.82 Å². The van der Waals surface area contributed by atoms with E-state index >= 15 is 0 Å². The van der Waals surface area contributed by atoms with Crippen molar-refractivity contribution < 1.29 is 4.39 Å². The smallest absolute Gasteiger partial charge is 0.128 e. The maximum atomic E-state index is 14.1. The largest absolute Gasteiger partial charge is 0.311 e. The lowest BCUT2D eigenvalue weighted by atomic mass is 9.90. The standard InChI is InChI=1S/C16H22BrFN2/c1-12-9-20(16(11-19-12)6-2-3-7-16)10-13-4-5-14(17)8-15(13)18/h4-5,8,12,19H,2-3,6-7,9-11H2,1H3. The van der Waals surface area contributed by atoms with Gasteiger partial charge >= 0.3 is 0 Å². The second-order valence-electron chi connectivity index (χ2n) is 6.33. The molecule has 2 nitrogen and oxygen atoms in total. The number of benzene rings is 1. The Morgan fingerprint density at radius 1 is 1.40 bits per heavy atom. The second-order valence-corrected chi connectivity index (χ2v) is 7.25. The molecule has 1 saturated carbocycles. The summed E-state index contributed by atoms with van der Waals surface area (Å²) >= 11 is 3.33. The molecule has 1 aliphatic carbocycles. The van der Waals surface area contributed by atoms with Crippen LogP contribution < -0.4 is 5.32 Å². The third-order valence-electron chi connectivity index (χ3n) is 4.86. The molecule has 1 saturated heterocycles. The molecule has 0 amide bonds. The van der Waals surface area contributed by atoms with Crippen molar-refractivity contribution >= 4 is 15.9 Å². The van der Waals surface area contributed by atoms with Gasteiger partial charge in [0.1, 0.15) is 5.82 Å². The van der Waals surface area contributed by atoms with Crippen molar-refractivity contribution in [2.75, 3.05) is 13.1 Å². The first-order valence-corrected chi connectivity index (χ1v) is 8.31. The highest BCUT2D eigenvalue weighted by atomic mass is 79.9. The number of hydrogen-bond donors (Lipinski definition) is 1. The zero-order chi connectivity index (χ0) is 14.2. The van der Waals surface area contributed by atoms with Crippen LogP contribution in [0.2, 0.25) is 0 Å². The molecule has 0 aromatic heterocycles. The van der Waals surface area contributed by atoms with Crippen LogP contribution in [-0.4, -0.2) is 29.6 Å². The summed E-state index contributed by atoms with van der Waals surface area (Å²) in [5.41, 5.74) is 1.07. The first-order chi connectivity index (χ1) is 9.59. The van der Waals surface area contributed by atoms with E-state index in [1.807, 2.05) is 12.1 Å². The van der Waals surface area contributed by atoms with E-state index in [4.69, 9.17) is 0 Å². The molecule has 1 aromatic rings. The zero-order valence-corrected chi connectivity index (χ0v) is 13.5. The van der Waals surface area contributed by atoms with E-state index in [1.165, 1.54) is 25.7 Å². The highest BCUT2D eigenvalue weighted by Crippen LogP contribution is 2.38. The van der Waals surface area contributed by atoms with Crippen LogP contribution >= 0.6 is 15.9 Å². The van der Waals surface area contributed by atoms with Crippen LogP contribution in [0.15, 0.2) is 22.7 Å². The van der Waals surface area contributed by atoms with Gasteiger partial charge in [0.25, 0.3) is 0 Å². The Labute approximate surface area is 128 Å². The van der Waals surface area contributed by atoms with Crippen LogP contribution in [0.1, 0.15) is 38.2 Å². The molecule has 1 spiro atoms. The molecule has 1 aromatic carbocycles. The summed E-state index contributed by atoms with van der Waals surface area (Å²) in [5, 5.41) is 3.61. The average Bonchev–Trinajstić information content (AvgIpc) is 2.87. The number of piperazine rings is 1. The fraction of sp³-hybridized carbons (Fsp3) is 0.625. The Balaban J connectivity index is 1.82. The van der Waals surface area contributed by atoms with Crippen molar-refractivity contribution in [3.63, 3.8) is 0 Å². The van der Waals surface area contributed by atoms with E-state index in [0.717, 1.165) is 29.7 Å². The van der Waals surface area contributed by atoms with Crippen molar-refractivity contribution in [3.8, 4) is 0 Å². The number of nitrogens with zero attached hydrogens (tertiary/aromatic N) is 1. The summed E-state index contributed by atoms with van der Waals surface area (Å²) in [4.78, 5) is 2.52. The Morgan fingerprint density at radius 2 is 2.15 bits per heavy atom. The van der Waals surface area contributed by atoms with Crippen molar-refractivity contribution in [2.24, 2.45) is 0 Å². The molecule has 110 valence electrons. The lowest BCUT2D eigenvalue weighted by molar-refractivity contribution is 0.0384. The molecular weight excluding hydrogens is 319 g/mol. The molecule has 0 radical (unpaired) electrons. The Bertz CT molecular complexity index is 485. The van der Waals surface area contributed by atoms with Gasteiger partial charge in [-0.3, -0.25) is 4.90 Å². The van der Waals surface area contributed by atoms with E-state index in [-0.39, 0.29) is 11.4 Å². The number of halogens is 2. The minimum Gasteiger partial charge on any atom is -0.311 e. The summed E-state index contributed by atoms with van der Waals surface area (Å²) < 4.78 is 14.9. The molecule has 2 aliphatic rings. The van der Waals surface area contributed by atoms with Crippen LogP contribution in [0.5, 0.6) is 0 Å². The number of nitrogens with one attached hydrogen (secondary N) is 1. The van der Waals surface area contributed by atoms with E-state index in [1.54, 1.807) is 6.07 Å². The summed E-state index contributed by atoms with van der Waals surface area (Å²) in [6.07, 6.45) is 5.08. The fourth-order valence-electron chi connectivity index (χ4n) is 3.68. The number of rotatable bonds is 2. The summed E-state index contributed by atoms with van der Waals surface area (Å²) in [7, 11) is 0. The first-order valence-electron chi connectivity index (χ1n) is 7.51. The van der Waals surface area contributed by atoms with Gasteiger partial charge in [0.2, 0.25) is 0 Å². The van der Waals surface area contributed by atoms with Crippen molar-refractivity contribution in [1.29, 1.82) is 0 Å². The van der Waals surface area contributed by atoms with E-state index in [0.29, 0.717) is 6.04 Å². The third-order valence-corrected chi connectivity index (χ3v) is 5.35. The molecule has 2 fully saturated rings. The van der Waals surface area contributed by atoms with Gasteiger partial charge in [-0.1, -0.05) is 34.8 Å². The summed E-state index contributed by atoms with van der Waals surface area (Å²) in [6, 6.07) is 5.90. The Morgan fingerprint density at radius 3 is 2.85 bits per heavy atom. The van der Waals surface area contributed by atoms with E-state index in [2.05, 4.69) is 33.1 Å². The molecular formula is C16H22BrFN2. The van der Waals surface area contributed by atoms with Gasteiger partial charge in [0.05, 0.1) is 0 Å². The van der Waals surface area contributed by atoms with Gasteiger partial charge in [-0.15, -0.1) is 0 Å². The molecule has 4 heteroatoms. The fourth-order valence-corrected chi connectivity index (χ4v) is 4.01. The predicted molar refractivity (Wildman–Crippen MR) is 83.2 cm³/mol. The topological polar surface area (TPSA) is 15.3 Å². The van der Waals surface area contributed by atoms with Crippen LogP contribution in [0.3, 0.4) is 0 Å². The van der Waals surface area contributed by atoms with Crippen molar-refractivity contribution in [1.82, 2.24) is 10.2 Å². The second kappa shape index (κ2) is 5.74. The van der Waals surface area contributed by atoms with Crippen molar-refractivity contribution in [3.05, 3.63) is 34.1 Å². The highest BCUT2D eigenvalue weighted by molar-refractivity contribution is 9.10. The Hall–Kier alpha value is -0.450. The minimum atomic E-state index is -0.0984. The van der Waals surface area contributed by atoms with Crippen LogP contribution in [0.4, 0.5) is 4.39 Å². The van der Waals surface area contributed by atoms with E-state index < -0.39 is 0 Å². The van der Waals surface area contributed by atoms with Gasteiger partial charge in [-0.05, 0) is 31.9 Å². The van der Waals surface area contributed by atoms with Gasteiger partial charge in [0, 0.05) is 41.3 Å². The Kier molecular flexibility index (Phi) is 4.16. The maximum Gasteiger partial charge on any atom is 0.128 e. The van der Waals surface area contributed by atoms with Gasteiger partial charge in [-0.2, -0.15) is 0 Å². The molecule has 1 N–H and O–H groups in total. The average molecular weight is 341 g/mol. The maximum absolute atomic E-state index is 14.1. The highest BCUT2D eigenvalue weighted by Gasteiger charge is 2.42. The normalized spacial score (nSPS) is 26.2. The van der Waals surface area contributed by atoms with Crippen LogP contribution in [-0.2, 0) is 6.54 Å². The van der Waals surface area contributed by atoms with Gasteiger partial charge in [0.15, 0.2) is 0 Å². The molecule has 1 heterocycles. The molecule has 3 rings (SSSR count). The lowest BCUT2D eigenvalue weighted by Crippen LogP contribution is -2.62. The molecule has 0 bridgehead atoms. The predicted octanol–water partition coefficient (Wildman–Crippen LogP) is 3.69. The first kappa shape index (κ1) is 14.5. The molecule has 20 heavy (non-hydrogen) atoms. The zero-order valence-electron chi connectivity index (χ0n) is 12.0. The van der Waals surface area contributed by atoms with Crippen LogP contribution in [0.25, 0.3) is 0 Å². The molecule has 1 unspecified atom stereocenters. The van der Waals surface area contributed by atoms with E-state index in [9.17, 15) is 4.39 Å². The third kappa shape index (κ3) is 2.78. The SMILES string of the molecule is CC1CN(Cc2ccc(Br)cc2F)C2(CCCC2)CN1.